The number of aliphatic hydroxyl groups excluding tert-OH is 1. The molecule has 0 aliphatic carbocycles. The highest BCUT2D eigenvalue weighted by atomic mass is 16.3. The van der Waals surface area contributed by atoms with Crippen LogP contribution in [0.5, 0.6) is 0 Å². The van der Waals surface area contributed by atoms with Crippen LogP contribution in [-0.2, 0) is 9.59 Å². The second-order valence-corrected chi connectivity index (χ2v) is 2.82. The molecule has 0 aromatic heterocycles. The molecule has 1 saturated heterocycles. The number of imide groups is 1. The summed E-state index contributed by atoms with van der Waals surface area (Å²) in [4.78, 5) is 24.9. The summed E-state index contributed by atoms with van der Waals surface area (Å²) < 4.78 is 0. The zero-order valence-corrected chi connectivity index (χ0v) is 7.27. The lowest BCUT2D eigenvalue weighted by atomic mass is 10.3. The lowest BCUT2D eigenvalue weighted by Crippen LogP contribution is -2.54. The first-order valence-electron chi connectivity index (χ1n) is 3.96. The maximum atomic E-state index is 11.2. The fourth-order valence-electron chi connectivity index (χ4n) is 1.22. The third-order valence-electron chi connectivity index (χ3n) is 1.85. The molecular formula is C8H12N2O3. The zero-order valence-electron chi connectivity index (χ0n) is 7.27. The molecule has 1 aliphatic heterocycles. The summed E-state index contributed by atoms with van der Waals surface area (Å²) in [6, 6.07) is 0. The number of carbonyl (C=O) groups is 2. The highest BCUT2D eigenvalue weighted by molar-refractivity contribution is 5.99. The van der Waals surface area contributed by atoms with Crippen LogP contribution in [-0.4, -0.2) is 53.1 Å². The van der Waals surface area contributed by atoms with Crippen molar-refractivity contribution in [3.63, 3.8) is 0 Å². The summed E-state index contributed by atoms with van der Waals surface area (Å²) in [5.74, 6) is -0.721. The molecule has 2 amide bonds. The Balaban J connectivity index is 2.61. The number of rotatable bonds is 3. The minimum absolute atomic E-state index is 0.165. The van der Waals surface area contributed by atoms with E-state index < -0.39 is 6.73 Å². The zero-order chi connectivity index (χ0) is 9.84. The smallest absolute Gasteiger partial charge is 0.245 e. The average Bonchev–Trinajstić information content (AvgIpc) is 2.04. The first-order chi connectivity index (χ1) is 6.19. The molecule has 0 radical (unpaired) electrons. The minimum Gasteiger partial charge on any atom is -0.376 e. The number of hydrogen-bond donors (Lipinski definition) is 1. The van der Waals surface area contributed by atoms with Crippen molar-refractivity contribution in [3.8, 4) is 0 Å². The Kier molecular flexibility index (Phi) is 3.16. The van der Waals surface area contributed by atoms with Crippen LogP contribution in [0.2, 0.25) is 0 Å². The molecule has 0 atom stereocenters. The van der Waals surface area contributed by atoms with Gasteiger partial charge in [0.25, 0.3) is 0 Å². The summed E-state index contributed by atoms with van der Waals surface area (Å²) in [5, 5.41) is 8.69. The summed E-state index contributed by atoms with van der Waals surface area (Å²) in [5.41, 5.74) is 0. The maximum Gasteiger partial charge on any atom is 0.245 e. The van der Waals surface area contributed by atoms with Gasteiger partial charge in [0.1, 0.15) is 6.73 Å². The molecule has 0 spiro atoms. The molecule has 13 heavy (non-hydrogen) atoms. The van der Waals surface area contributed by atoms with Gasteiger partial charge in [0.2, 0.25) is 11.8 Å². The molecule has 5 heteroatoms. The Morgan fingerprint density at radius 2 is 1.92 bits per heavy atom. The fraction of sp³-hybridized carbons (Fsp3) is 0.500. The van der Waals surface area contributed by atoms with Crippen molar-refractivity contribution < 1.29 is 14.7 Å². The molecule has 1 heterocycles. The molecule has 0 aromatic carbocycles. The van der Waals surface area contributed by atoms with Crippen LogP contribution in [0.25, 0.3) is 0 Å². The third kappa shape index (κ3) is 2.13. The molecule has 72 valence electrons. The first kappa shape index (κ1) is 9.88. The van der Waals surface area contributed by atoms with Crippen LogP contribution < -0.4 is 0 Å². The highest BCUT2D eigenvalue weighted by Gasteiger charge is 2.29. The lowest BCUT2D eigenvalue weighted by molar-refractivity contribution is -0.155. The quantitative estimate of drug-likeness (QED) is 0.442. The fourth-order valence-corrected chi connectivity index (χ4v) is 1.22. The largest absolute Gasteiger partial charge is 0.376 e. The first-order valence-corrected chi connectivity index (χ1v) is 3.96. The Hall–Kier alpha value is -1.20. The standard InChI is InChI=1S/C8H12N2O3/c1-2-3-9-4-7(12)10(6-11)8(13)5-9/h2,11H,1,3-6H2. The van der Waals surface area contributed by atoms with E-state index in [4.69, 9.17) is 5.11 Å². The van der Waals surface area contributed by atoms with Crippen LogP contribution >= 0.6 is 0 Å². The van der Waals surface area contributed by atoms with Gasteiger partial charge in [-0.15, -0.1) is 6.58 Å². The van der Waals surface area contributed by atoms with Crippen molar-refractivity contribution in [1.82, 2.24) is 9.80 Å². The van der Waals surface area contributed by atoms with E-state index in [9.17, 15) is 9.59 Å². The van der Waals surface area contributed by atoms with Crippen LogP contribution in [0.4, 0.5) is 0 Å². The molecule has 1 rings (SSSR count). The van der Waals surface area contributed by atoms with Crippen LogP contribution in [0, 0.1) is 0 Å². The highest BCUT2D eigenvalue weighted by Crippen LogP contribution is 2.03. The van der Waals surface area contributed by atoms with Gasteiger partial charge < -0.3 is 5.11 Å². The third-order valence-corrected chi connectivity index (χ3v) is 1.85. The second-order valence-electron chi connectivity index (χ2n) is 2.82. The van der Waals surface area contributed by atoms with E-state index in [0.717, 1.165) is 4.90 Å². The van der Waals surface area contributed by atoms with E-state index in [0.29, 0.717) is 6.54 Å². The second kappa shape index (κ2) is 4.15. The van der Waals surface area contributed by atoms with E-state index >= 15 is 0 Å². The van der Waals surface area contributed by atoms with Gasteiger partial charge in [-0.1, -0.05) is 6.08 Å². The average molecular weight is 184 g/mol. The van der Waals surface area contributed by atoms with E-state index in [1.165, 1.54) is 0 Å². The van der Waals surface area contributed by atoms with Gasteiger partial charge in [0.15, 0.2) is 0 Å². The van der Waals surface area contributed by atoms with Crippen molar-refractivity contribution in [2.24, 2.45) is 0 Å². The minimum atomic E-state index is -0.528. The molecule has 1 N–H and O–H groups in total. The molecule has 1 fully saturated rings. The van der Waals surface area contributed by atoms with Crippen molar-refractivity contribution >= 4 is 11.8 Å². The normalized spacial score (nSPS) is 19.3. The van der Waals surface area contributed by atoms with Gasteiger partial charge in [-0.05, 0) is 0 Å². The van der Waals surface area contributed by atoms with Crippen LogP contribution in [0.1, 0.15) is 0 Å². The van der Waals surface area contributed by atoms with Crippen LogP contribution in [0.3, 0.4) is 0 Å². The Labute approximate surface area is 76.2 Å². The Bertz CT molecular complexity index is 222. The number of nitrogens with zero attached hydrogens (tertiary/aromatic N) is 2. The molecular weight excluding hydrogens is 172 g/mol. The number of hydrogen-bond acceptors (Lipinski definition) is 4. The van der Waals surface area contributed by atoms with E-state index in [-0.39, 0.29) is 24.9 Å². The van der Waals surface area contributed by atoms with Crippen molar-refractivity contribution in [1.29, 1.82) is 0 Å². The van der Waals surface area contributed by atoms with Crippen molar-refractivity contribution in [3.05, 3.63) is 12.7 Å². The van der Waals surface area contributed by atoms with Gasteiger partial charge in [-0.25, -0.2) is 0 Å². The monoisotopic (exact) mass is 184 g/mol. The number of piperazine rings is 1. The molecule has 0 aromatic rings. The number of carbonyl (C=O) groups excluding carboxylic acids is 2. The van der Waals surface area contributed by atoms with Gasteiger partial charge in [0.05, 0.1) is 13.1 Å². The Morgan fingerprint density at radius 3 is 2.31 bits per heavy atom. The summed E-state index contributed by atoms with van der Waals surface area (Å²) >= 11 is 0. The van der Waals surface area contributed by atoms with Gasteiger partial charge in [-0.2, -0.15) is 0 Å². The van der Waals surface area contributed by atoms with Crippen LogP contribution in [0.15, 0.2) is 12.7 Å². The predicted molar refractivity (Wildman–Crippen MR) is 45.6 cm³/mol. The summed E-state index contributed by atoms with van der Waals surface area (Å²) in [6.45, 7) is 3.83. The molecule has 5 nitrogen and oxygen atoms in total. The van der Waals surface area contributed by atoms with Crippen molar-refractivity contribution in [2.75, 3.05) is 26.4 Å². The maximum absolute atomic E-state index is 11.2. The van der Waals surface area contributed by atoms with E-state index in [1.807, 2.05) is 0 Å². The van der Waals surface area contributed by atoms with Gasteiger partial charge in [-0.3, -0.25) is 19.4 Å². The SMILES string of the molecule is C=CCN1CC(=O)N(CO)C(=O)C1. The van der Waals surface area contributed by atoms with E-state index in [2.05, 4.69) is 6.58 Å². The molecule has 0 unspecified atom stereocenters. The van der Waals surface area contributed by atoms with Crippen molar-refractivity contribution in [2.45, 2.75) is 0 Å². The number of aliphatic hydroxyl groups is 1. The number of amides is 2. The topological polar surface area (TPSA) is 60.9 Å². The molecule has 0 bridgehead atoms. The lowest BCUT2D eigenvalue weighted by Gasteiger charge is -2.30. The van der Waals surface area contributed by atoms with Gasteiger partial charge >= 0.3 is 0 Å². The predicted octanol–water partition coefficient (Wildman–Crippen LogP) is -1.21. The van der Waals surface area contributed by atoms with Gasteiger partial charge in [0, 0.05) is 6.54 Å². The molecule has 1 aliphatic rings. The molecule has 0 saturated carbocycles. The summed E-state index contributed by atoms with van der Waals surface area (Å²) in [6.07, 6.45) is 1.63. The Morgan fingerprint density at radius 1 is 1.38 bits per heavy atom. The van der Waals surface area contributed by atoms with E-state index in [1.54, 1.807) is 11.0 Å². The summed E-state index contributed by atoms with van der Waals surface area (Å²) in [7, 11) is 0.